The SMILES string of the molecule is O=C1c2ccccc2C(=O)N1CCCN(CCO)CCO. The van der Waals surface area contributed by atoms with Crippen LogP contribution in [0.25, 0.3) is 0 Å². The highest BCUT2D eigenvalue weighted by Gasteiger charge is 2.34. The van der Waals surface area contributed by atoms with Crippen LogP contribution in [0, 0.1) is 0 Å². The summed E-state index contributed by atoms with van der Waals surface area (Å²) in [6.07, 6.45) is 0.617. The van der Waals surface area contributed by atoms with Crippen molar-refractivity contribution in [2.45, 2.75) is 6.42 Å². The summed E-state index contributed by atoms with van der Waals surface area (Å²) in [5, 5.41) is 17.9. The fourth-order valence-electron chi connectivity index (χ4n) is 2.51. The molecule has 21 heavy (non-hydrogen) atoms. The summed E-state index contributed by atoms with van der Waals surface area (Å²) >= 11 is 0. The molecular formula is C15H20N2O4. The Balaban J connectivity index is 1.90. The molecule has 0 bridgehead atoms. The maximum absolute atomic E-state index is 12.1. The minimum Gasteiger partial charge on any atom is -0.395 e. The molecule has 0 aliphatic carbocycles. The largest absolute Gasteiger partial charge is 0.395 e. The number of nitrogens with zero attached hydrogens (tertiary/aromatic N) is 2. The van der Waals surface area contributed by atoms with Crippen molar-refractivity contribution in [3.8, 4) is 0 Å². The van der Waals surface area contributed by atoms with Crippen LogP contribution in [0.15, 0.2) is 24.3 Å². The van der Waals surface area contributed by atoms with Gasteiger partial charge in [-0.1, -0.05) is 12.1 Å². The molecule has 0 atom stereocenters. The first-order chi connectivity index (χ1) is 10.2. The van der Waals surface area contributed by atoms with Gasteiger partial charge in [0.25, 0.3) is 11.8 Å². The van der Waals surface area contributed by atoms with E-state index in [0.717, 1.165) is 0 Å². The predicted octanol–water partition coefficient (Wildman–Crippen LogP) is -0.0407. The third-order valence-corrected chi connectivity index (χ3v) is 3.57. The number of amides is 2. The van der Waals surface area contributed by atoms with E-state index in [4.69, 9.17) is 10.2 Å². The van der Waals surface area contributed by atoms with E-state index in [-0.39, 0.29) is 25.0 Å². The van der Waals surface area contributed by atoms with E-state index in [9.17, 15) is 9.59 Å². The average Bonchev–Trinajstić information content (AvgIpc) is 2.73. The maximum Gasteiger partial charge on any atom is 0.261 e. The van der Waals surface area contributed by atoms with Crippen molar-refractivity contribution in [3.63, 3.8) is 0 Å². The van der Waals surface area contributed by atoms with E-state index in [1.165, 1.54) is 4.90 Å². The summed E-state index contributed by atoms with van der Waals surface area (Å²) in [6.45, 7) is 1.96. The Hall–Kier alpha value is -1.76. The molecule has 6 heteroatoms. The highest BCUT2D eigenvalue weighted by atomic mass is 16.3. The van der Waals surface area contributed by atoms with Crippen molar-refractivity contribution < 1.29 is 19.8 Å². The van der Waals surface area contributed by atoms with Crippen molar-refractivity contribution in [1.29, 1.82) is 0 Å². The first kappa shape index (κ1) is 15.6. The second kappa shape index (κ2) is 7.31. The summed E-state index contributed by atoms with van der Waals surface area (Å²) in [4.78, 5) is 27.5. The van der Waals surface area contributed by atoms with Crippen LogP contribution in [0.5, 0.6) is 0 Å². The van der Waals surface area contributed by atoms with Crippen molar-refractivity contribution in [2.24, 2.45) is 0 Å². The second-order valence-corrected chi connectivity index (χ2v) is 4.95. The molecule has 0 unspecified atom stereocenters. The lowest BCUT2D eigenvalue weighted by Gasteiger charge is -2.21. The van der Waals surface area contributed by atoms with Gasteiger partial charge in [0.15, 0.2) is 0 Å². The lowest BCUT2D eigenvalue weighted by atomic mass is 10.1. The monoisotopic (exact) mass is 292 g/mol. The number of aliphatic hydroxyl groups excluding tert-OH is 2. The smallest absolute Gasteiger partial charge is 0.261 e. The summed E-state index contributed by atoms with van der Waals surface area (Å²) in [6, 6.07) is 6.83. The summed E-state index contributed by atoms with van der Waals surface area (Å²) in [7, 11) is 0. The zero-order valence-corrected chi connectivity index (χ0v) is 11.9. The number of rotatable bonds is 8. The van der Waals surface area contributed by atoms with E-state index < -0.39 is 0 Å². The van der Waals surface area contributed by atoms with Gasteiger partial charge in [0.1, 0.15) is 0 Å². The lowest BCUT2D eigenvalue weighted by Crippen LogP contribution is -2.35. The Labute approximate surface area is 123 Å². The van der Waals surface area contributed by atoms with E-state index >= 15 is 0 Å². The standard InChI is InChI=1S/C15H20N2O4/c18-10-8-16(9-11-19)6-3-7-17-14(20)12-4-1-2-5-13(12)15(17)21/h1-2,4-5,18-19H,3,6-11H2. The second-order valence-electron chi connectivity index (χ2n) is 4.95. The number of hydrogen-bond donors (Lipinski definition) is 2. The molecule has 0 saturated heterocycles. The molecule has 0 saturated carbocycles. The average molecular weight is 292 g/mol. The molecule has 2 rings (SSSR count). The molecule has 1 heterocycles. The minimum atomic E-state index is -0.244. The molecular weight excluding hydrogens is 272 g/mol. The van der Waals surface area contributed by atoms with Crippen LogP contribution in [-0.2, 0) is 0 Å². The molecule has 1 aliphatic heterocycles. The van der Waals surface area contributed by atoms with Crippen molar-refractivity contribution >= 4 is 11.8 Å². The first-order valence-corrected chi connectivity index (χ1v) is 7.08. The van der Waals surface area contributed by atoms with E-state index in [1.54, 1.807) is 24.3 Å². The molecule has 1 aromatic carbocycles. The molecule has 0 radical (unpaired) electrons. The Morgan fingerprint density at radius 1 is 0.905 bits per heavy atom. The zero-order chi connectivity index (χ0) is 15.2. The third kappa shape index (κ3) is 3.47. The van der Waals surface area contributed by atoms with Crippen LogP contribution in [0.1, 0.15) is 27.1 Å². The van der Waals surface area contributed by atoms with Crippen molar-refractivity contribution in [2.75, 3.05) is 39.4 Å². The lowest BCUT2D eigenvalue weighted by molar-refractivity contribution is 0.0643. The van der Waals surface area contributed by atoms with E-state index in [0.29, 0.717) is 43.7 Å². The van der Waals surface area contributed by atoms with Crippen LogP contribution >= 0.6 is 0 Å². The number of carbonyl (C=O) groups excluding carboxylic acids is 2. The zero-order valence-electron chi connectivity index (χ0n) is 11.9. The van der Waals surface area contributed by atoms with Crippen LogP contribution in [0.4, 0.5) is 0 Å². The van der Waals surface area contributed by atoms with Gasteiger partial charge in [0.05, 0.1) is 24.3 Å². The van der Waals surface area contributed by atoms with Gasteiger partial charge in [-0.15, -0.1) is 0 Å². The van der Waals surface area contributed by atoms with Gasteiger partial charge >= 0.3 is 0 Å². The molecule has 6 nitrogen and oxygen atoms in total. The predicted molar refractivity (Wildman–Crippen MR) is 77.0 cm³/mol. The Morgan fingerprint density at radius 3 is 1.90 bits per heavy atom. The van der Waals surface area contributed by atoms with Gasteiger partial charge in [-0.05, 0) is 18.6 Å². The number of imide groups is 1. The topological polar surface area (TPSA) is 81.1 Å². The first-order valence-electron chi connectivity index (χ1n) is 7.08. The molecule has 0 aromatic heterocycles. The number of benzene rings is 1. The number of fused-ring (bicyclic) bond motifs is 1. The highest BCUT2D eigenvalue weighted by molar-refractivity contribution is 6.21. The highest BCUT2D eigenvalue weighted by Crippen LogP contribution is 2.22. The normalized spacial score (nSPS) is 14.1. The van der Waals surface area contributed by atoms with E-state index in [2.05, 4.69) is 0 Å². The van der Waals surface area contributed by atoms with E-state index in [1.807, 2.05) is 4.90 Å². The Bertz CT molecular complexity index is 477. The molecule has 0 fully saturated rings. The molecule has 1 aromatic rings. The Morgan fingerprint density at radius 2 is 1.43 bits per heavy atom. The summed E-state index contributed by atoms with van der Waals surface area (Å²) in [5.41, 5.74) is 0.926. The third-order valence-electron chi connectivity index (χ3n) is 3.57. The molecule has 1 aliphatic rings. The van der Waals surface area contributed by atoms with Gasteiger partial charge in [0, 0.05) is 26.2 Å². The quantitative estimate of drug-likeness (QED) is 0.657. The summed E-state index contributed by atoms with van der Waals surface area (Å²) < 4.78 is 0. The number of hydrogen-bond acceptors (Lipinski definition) is 5. The molecule has 2 amide bonds. The minimum absolute atomic E-state index is 0.0208. The maximum atomic E-state index is 12.1. The van der Waals surface area contributed by atoms with Crippen molar-refractivity contribution in [1.82, 2.24) is 9.80 Å². The fraction of sp³-hybridized carbons (Fsp3) is 0.467. The molecule has 2 N–H and O–H groups in total. The molecule has 0 spiro atoms. The molecule has 114 valence electrons. The fourth-order valence-corrected chi connectivity index (χ4v) is 2.51. The van der Waals surface area contributed by atoms with Gasteiger partial charge in [-0.2, -0.15) is 0 Å². The van der Waals surface area contributed by atoms with Crippen LogP contribution in [0.3, 0.4) is 0 Å². The van der Waals surface area contributed by atoms with Crippen molar-refractivity contribution in [3.05, 3.63) is 35.4 Å². The number of aliphatic hydroxyl groups is 2. The van der Waals surface area contributed by atoms with Crippen LogP contribution in [0.2, 0.25) is 0 Å². The van der Waals surface area contributed by atoms with Crippen LogP contribution < -0.4 is 0 Å². The van der Waals surface area contributed by atoms with Gasteiger partial charge in [-0.3, -0.25) is 19.4 Å². The van der Waals surface area contributed by atoms with Crippen LogP contribution in [-0.4, -0.2) is 71.2 Å². The number of carbonyl (C=O) groups is 2. The van der Waals surface area contributed by atoms with Gasteiger partial charge < -0.3 is 10.2 Å². The van der Waals surface area contributed by atoms with Gasteiger partial charge in [0.2, 0.25) is 0 Å². The summed E-state index contributed by atoms with van der Waals surface area (Å²) in [5.74, 6) is -0.488. The van der Waals surface area contributed by atoms with Gasteiger partial charge in [-0.25, -0.2) is 0 Å². The Kier molecular flexibility index (Phi) is 5.44.